The van der Waals surface area contributed by atoms with Crippen LogP contribution in [0.4, 0.5) is 11.4 Å². The van der Waals surface area contributed by atoms with Crippen LogP contribution in [0.2, 0.25) is 5.02 Å². The quantitative estimate of drug-likeness (QED) is 0.868. The lowest BCUT2D eigenvalue weighted by atomic mass is 10.2. The number of para-hydroxylation sites is 2. The summed E-state index contributed by atoms with van der Waals surface area (Å²) in [6, 6.07) is 13.2. The molecular formula is C17H13ClN2O4. The van der Waals surface area contributed by atoms with E-state index < -0.39 is 18.5 Å². The summed E-state index contributed by atoms with van der Waals surface area (Å²) >= 11 is 5.82. The number of anilines is 2. The smallest absolute Gasteiger partial charge is 0.338 e. The van der Waals surface area contributed by atoms with Gasteiger partial charge in [-0.3, -0.25) is 14.5 Å². The lowest BCUT2D eigenvalue weighted by Gasteiger charge is -2.28. The Kier molecular flexibility index (Phi) is 4.48. The first-order valence-corrected chi connectivity index (χ1v) is 7.54. The number of amides is 2. The molecule has 7 heteroatoms. The van der Waals surface area contributed by atoms with Gasteiger partial charge < -0.3 is 10.1 Å². The minimum absolute atomic E-state index is 0.120. The van der Waals surface area contributed by atoms with Gasteiger partial charge >= 0.3 is 5.97 Å². The predicted molar refractivity (Wildman–Crippen MR) is 89.2 cm³/mol. The Morgan fingerprint density at radius 3 is 2.75 bits per heavy atom. The molecule has 1 aliphatic heterocycles. The molecule has 0 fully saturated rings. The summed E-state index contributed by atoms with van der Waals surface area (Å²) in [5, 5.41) is 3.09. The van der Waals surface area contributed by atoms with E-state index in [1.165, 1.54) is 11.0 Å². The van der Waals surface area contributed by atoms with Gasteiger partial charge in [-0.15, -0.1) is 0 Å². The largest absolute Gasteiger partial charge is 0.452 e. The van der Waals surface area contributed by atoms with Crippen LogP contribution in [0.25, 0.3) is 0 Å². The van der Waals surface area contributed by atoms with Crippen LogP contribution in [-0.2, 0) is 14.3 Å². The van der Waals surface area contributed by atoms with Gasteiger partial charge in [0.1, 0.15) is 6.54 Å². The Morgan fingerprint density at radius 2 is 1.96 bits per heavy atom. The molecule has 0 spiro atoms. The van der Waals surface area contributed by atoms with Crippen molar-refractivity contribution in [3.05, 3.63) is 59.1 Å². The molecule has 2 aromatic carbocycles. The van der Waals surface area contributed by atoms with E-state index in [0.29, 0.717) is 16.4 Å². The first-order valence-electron chi connectivity index (χ1n) is 7.16. The van der Waals surface area contributed by atoms with Crippen LogP contribution >= 0.6 is 11.6 Å². The number of nitrogens with one attached hydrogen (secondary N) is 1. The van der Waals surface area contributed by atoms with E-state index in [4.69, 9.17) is 16.3 Å². The molecule has 24 heavy (non-hydrogen) atoms. The minimum Gasteiger partial charge on any atom is -0.452 e. The third-order valence-corrected chi connectivity index (χ3v) is 3.69. The van der Waals surface area contributed by atoms with Crippen LogP contribution in [0, 0.1) is 0 Å². The maximum atomic E-state index is 12.4. The van der Waals surface area contributed by atoms with Crippen LogP contribution in [0.5, 0.6) is 0 Å². The molecule has 0 radical (unpaired) electrons. The second-order valence-electron chi connectivity index (χ2n) is 5.13. The molecule has 3 rings (SSSR count). The summed E-state index contributed by atoms with van der Waals surface area (Å²) in [6.07, 6.45) is 0. The maximum Gasteiger partial charge on any atom is 0.338 e. The zero-order chi connectivity index (χ0) is 17.1. The van der Waals surface area contributed by atoms with Crippen LogP contribution in [0.1, 0.15) is 10.4 Å². The van der Waals surface area contributed by atoms with Gasteiger partial charge in [0, 0.05) is 5.02 Å². The molecule has 0 saturated carbocycles. The number of hydrogen-bond acceptors (Lipinski definition) is 4. The Hall–Kier alpha value is -2.86. The van der Waals surface area contributed by atoms with Crippen molar-refractivity contribution in [3.8, 4) is 0 Å². The van der Waals surface area contributed by atoms with Gasteiger partial charge in [0.25, 0.3) is 5.91 Å². The SMILES string of the molecule is O=C1CN(C(=O)COC(=O)c2cccc(Cl)c2)c2ccccc2N1. The summed E-state index contributed by atoms with van der Waals surface area (Å²) in [5.74, 6) is -1.43. The number of nitrogens with zero attached hydrogens (tertiary/aromatic N) is 1. The second-order valence-corrected chi connectivity index (χ2v) is 5.57. The Labute approximate surface area is 143 Å². The van der Waals surface area contributed by atoms with Gasteiger partial charge in [-0.05, 0) is 30.3 Å². The first-order chi connectivity index (χ1) is 11.5. The summed E-state index contributed by atoms with van der Waals surface area (Å²) in [6.45, 7) is -0.586. The van der Waals surface area contributed by atoms with Gasteiger partial charge in [0.05, 0.1) is 16.9 Å². The highest BCUT2D eigenvalue weighted by Gasteiger charge is 2.27. The highest BCUT2D eigenvalue weighted by Crippen LogP contribution is 2.28. The molecule has 2 amide bonds. The van der Waals surface area contributed by atoms with Crippen LogP contribution in [0.3, 0.4) is 0 Å². The third-order valence-electron chi connectivity index (χ3n) is 3.46. The number of hydrogen-bond donors (Lipinski definition) is 1. The fourth-order valence-electron chi connectivity index (χ4n) is 2.36. The number of ether oxygens (including phenoxy) is 1. The third kappa shape index (κ3) is 3.38. The van der Waals surface area contributed by atoms with E-state index in [0.717, 1.165) is 0 Å². The molecule has 1 aliphatic rings. The minimum atomic E-state index is -0.652. The van der Waals surface area contributed by atoms with Gasteiger partial charge in [0.2, 0.25) is 5.91 Å². The topological polar surface area (TPSA) is 75.7 Å². The average Bonchev–Trinajstić information content (AvgIpc) is 2.58. The Morgan fingerprint density at radius 1 is 1.17 bits per heavy atom. The van der Waals surface area contributed by atoms with Gasteiger partial charge in [-0.25, -0.2) is 4.79 Å². The summed E-state index contributed by atoms with van der Waals surface area (Å²) in [5.41, 5.74) is 1.37. The summed E-state index contributed by atoms with van der Waals surface area (Å²) in [4.78, 5) is 37.3. The van der Waals surface area contributed by atoms with E-state index in [1.807, 2.05) is 0 Å². The van der Waals surface area contributed by atoms with E-state index in [1.54, 1.807) is 42.5 Å². The molecule has 1 N–H and O–H groups in total. The fraction of sp³-hybridized carbons (Fsp3) is 0.118. The lowest BCUT2D eigenvalue weighted by molar-refractivity contribution is -0.124. The number of halogens is 1. The second kappa shape index (κ2) is 6.72. The number of rotatable bonds is 3. The van der Waals surface area contributed by atoms with Crippen molar-refractivity contribution in [2.75, 3.05) is 23.4 Å². The van der Waals surface area contributed by atoms with Crippen molar-refractivity contribution in [2.24, 2.45) is 0 Å². The highest BCUT2D eigenvalue weighted by molar-refractivity contribution is 6.30. The first kappa shape index (κ1) is 16.0. The molecule has 2 aromatic rings. The molecule has 0 bridgehead atoms. The van der Waals surface area contributed by atoms with Crippen LogP contribution < -0.4 is 10.2 Å². The predicted octanol–water partition coefficient (Wildman–Crippen LogP) is 2.48. The standard InChI is InChI=1S/C17H13ClN2O4/c18-12-5-3-4-11(8-12)17(23)24-10-16(22)20-9-15(21)19-13-6-1-2-7-14(13)20/h1-8H,9-10H2,(H,19,21). The Balaban J connectivity index is 1.69. The summed E-state index contributed by atoms with van der Waals surface area (Å²) in [7, 11) is 0. The number of benzene rings is 2. The van der Waals surface area contributed by atoms with Crippen molar-refractivity contribution < 1.29 is 19.1 Å². The molecule has 0 unspecified atom stereocenters. The van der Waals surface area contributed by atoms with Crippen LogP contribution in [-0.4, -0.2) is 30.9 Å². The van der Waals surface area contributed by atoms with E-state index in [2.05, 4.69) is 5.32 Å². The van der Waals surface area contributed by atoms with E-state index >= 15 is 0 Å². The maximum absolute atomic E-state index is 12.4. The van der Waals surface area contributed by atoms with Crippen molar-refractivity contribution >= 4 is 40.8 Å². The molecule has 0 atom stereocenters. The van der Waals surface area contributed by atoms with Crippen molar-refractivity contribution in [1.82, 2.24) is 0 Å². The molecule has 6 nitrogen and oxygen atoms in total. The number of esters is 1. The van der Waals surface area contributed by atoms with Crippen molar-refractivity contribution in [2.45, 2.75) is 0 Å². The molecule has 122 valence electrons. The van der Waals surface area contributed by atoms with E-state index in [9.17, 15) is 14.4 Å². The van der Waals surface area contributed by atoms with Crippen LogP contribution in [0.15, 0.2) is 48.5 Å². The average molecular weight is 345 g/mol. The Bertz CT molecular complexity index is 822. The zero-order valence-corrected chi connectivity index (χ0v) is 13.2. The monoisotopic (exact) mass is 344 g/mol. The summed E-state index contributed by atoms with van der Waals surface area (Å²) < 4.78 is 5.03. The number of carbonyl (C=O) groups excluding carboxylic acids is 3. The van der Waals surface area contributed by atoms with Gasteiger partial charge in [0.15, 0.2) is 6.61 Å². The molecule has 1 heterocycles. The van der Waals surface area contributed by atoms with Gasteiger partial charge in [-0.1, -0.05) is 29.8 Å². The highest BCUT2D eigenvalue weighted by atomic mass is 35.5. The molecule has 0 aromatic heterocycles. The number of carbonyl (C=O) groups is 3. The number of fused-ring (bicyclic) bond motifs is 1. The zero-order valence-electron chi connectivity index (χ0n) is 12.5. The van der Waals surface area contributed by atoms with Crippen molar-refractivity contribution in [3.63, 3.8) is 0 Å². The molecule has 0 saturated heterocycles. The van der Waals surface area contributed by atoms with Crippen molar-refractivity contribution in [1.29, 1.82) is 0 Å². The molecule has 0 aliphatic carbocycles. The normalized spacial score (nSPS) is 13.0. The molecular weight excluding hydrogens is 332 g/mol. The van der Waals surface area contributed by atoms with Gasteiger partial charge in [-0.2, -0.15) is 0 Å². The fourth-order valence-corrected chi connectivity index (χ4v) is 2.55. The lowest BCUT2D eigenvalue weighted by Crippen LogP contribution is -2.44. The van der Waals surface area contributed by atoms with E-state index in [-0.39, 0.29) is 18.0 Å².